The summed E-state index contributed by atoms with van der Waals surface area (Å²) in [6, 6.07) is 0. The Morgan fingerprint density at radius 3 is 2.16 bits per heavy atom. The Morgan fingerprint density at radius 1 is 1.16 bits per heavy atom. The van der Waals surface area contributed by atoms with Gasteiger partial charge in [0.1, 0.15) is 6.10 Å². The van der Waals surface area contributed by atoms with Gasteiger partial charge < -0.3 is 16.6 Å². The van der Waals surface area contributed by atoms with Gasteiger partial charge in [0.2, 0.25) is 0 Å². The Balaban J connectivity index is 2.63. The molecule has 1 aliphatic rings. The number of alkyl halides is 2. The lowest BCUT2D eigenvalue weighted by Gasteiger charge is -2.38. The first-order chi connectivity index (χ1) is 8.65. The van der Waals surface area contributed by atoms with E-state index in [1.807, 2.05) is 0 Å². The van der Waals surface area contributed by atoms with E-state index < -0.39 is 24.1 Å². The Labute approximate surface area is 114 Å². The van der Waals surface area contributed by atoms with Gasteiger partial charge in [-0.2, -0.15) is 0 Å². The van der Waals surface area contributed by atoms with Crippen LogP contribution in [-0.4, -0.2) is 22.8 Å². The first-order valence-corrected chi connectivity index (χ1v) is 7.29. The van der Waals surface area contributed by atoms with Gasteiger partial charge in [-0.1, -0.05) is 46.0 Å². The number of halogens is 2. The predicted octanol–water partition coefficient (Wildman–Crippen LogP) is 2.61. The summed E-state index contributed by atoms with van der Waals surface area (Å²) in [7, 11) is 0. The van der Waals surface area contributed by atoms with Gasteiger partial charge in [0.25, 0.3) is 5.92 Å². The summed E-state index contributed by atoms with van der Waals surface area (Å²) in [5.74, 6) is -3.19. The monoisotopic (exact) mass is 278 g/mol. The van der Waals surface area contributed by atoms with Gasteiger partial charge in [-0.05, 0) is 18.3 Å². The molecule has 0 unspecified atom stereocenters. The van der Waals surface area contributed by atoms with Gasteiger partial charge in [-0.3, -0.25) is 0 Å². The zero-order valence-corrected chi connectivity index (χ0v) is 12.0. The van der Waals surface area contributed by atoms with Gasteiger partial charge in [0, 0.05) is 6.42 Å². The van der Waals surface area contributed by atoms with Crippen molar-refractivity contribution in [3.63, 3.8) is 0 Å². The molecule has 0 radical (unpaired) electrons. The van der Waals surface area contributed by atoms with Crippen LogP contribution in [0.2, 0.25) is 0 Å². The molecule has 5 N–H and O–H groups in total. The van der Waals surface area contributed by atoms with Crippen LogP contribution in [0, 0.1) is 11.8 Å². The smallest absolute Gasteiger partial charge is 0.276 e. The van der Waals surface area contributed by atoms with Crippen molar-refractivity contribution < 1.29 is 13.9 Å². The zero-order valence-electron chi connectivity index (χ0n) is 12.0. The molecule has 3 nitrogen and oxygen atoms in total. The first-order valence-electron chi connectivity index (χ1n) is 7.29. The lowest BCUT2D eigenvalue weighted by Crippen LogP contribution is -2.65. The maximum atomic E-state index is 13.9. The summed E-state index contributed by atoms with van der Waals surface area (Å²) in [5, 5.41) is 9.88. The van der Waals surface area contributed by atoms with Gasteiger partial charge in [-0.25, -0.2) is 8.78 Å². The summed E-state index contributed by atoms with van der Waals surface area (Å²) in [6.45, 7) is 3.38. The maximum Gasteiger partial charge on any atom is 0.276 e. The second-order valence-corrected chi connectivity index (χ2v) is 6.58. The number of hydrogen-bond donors (Lipinski definition) is 3. The molecule has 0 aliphatic heterocycles. The van der Waals surface area contributed by atoms with Crippen LogP contribution in [0.15, 0.2) is 0 Å². The molecule has 1 atom stereocenters. The second-order valence-electron chi connectivity index (χ2n) is 6.58. The molecular formula is C14H28F2N2O. The number of hydrogen-bond acceptors (Lipinski definition) is 3. The van der Waals surface area contributed by atoms with Crippen molar-refractivity contribution in [1.29, 1.82) is 0 Å². The van der Waals surface area contributed by atoms with Crippen LogP contribution in [0.25, 0.3) is 0 Å². The average molecular weight is 278 g/mol. The van der Waals surface area contributed by atoms with Gasteiger partial charge in [0.15, 0.2) is 0 Å². The maximum absolute atomic E-state index is 13.9. The Kier molecular flexibility index (Phi) is 5.71. The molecule has 0 aromatic rings. The van der Waals surface area contributed by atoms with E-state index in [2.05, 4.69) is 0 Å². The molecule has 114 valence electrons. The Morgan fingerprint density at radius 2 is 1.68 bits per heavy atom. The summed E-state index contributed by atoms with van der Waals surface area (Å²) in [6.07, 6.45) is 3.21. The van der Waals surface area contributed by atoms with Crippen LogP contribution in [-0.2, 0) is 0 Å². The highest BCUT2D eigenvalue weighted by molar-refractivity contribution is 4.96. The molecule has 1 saturated carbocycles. The molecule has 1 fully saturated rings. The SMILES string of the molecule is CC(C)CC(F)(F)[C@@H](O)C(N)(N)CC1CCCCC1. The largest absolute Gasteiger partial charge is 0.383 e. The fraction of sp³-hybridized carbons (Fsp3) is 1.00. The van der Waals surface area contributed by atoms with Crippen LogP contribution in [0.3, 0.4) is 0 Å². The molecule has 0 spiro atoms. The lowest BCUT2D eigenvalue weighted by atomic mass is 9.80. The van der Waals surface area contributed by atoms with Crippen molar-refractivity contribution in [2.45, 2.75) is 76.5 Å². The van der Waals surface area contributed by atoms with Crippen LogP contribution in [0.1, 0.15) is 58.8 Å². The van der Waals surface area contributed by atoms with E-state index in [4.69, 9.17) is 11.5 Å². The zero-order chi connectivity index (χ0) is 14.7. The molecule has 0 aromatic carbocycles. The minimum absolute atomic E-state index is 0.213. The highest BCUT2D eigenvalue weighted by Gasteiger charge is 2.49. The Hall–Kier alpha value is -0.260. The van der Waals surface area contributed by atoms with Gasteiger partial charge in [0.05, 0.1) is 5.66 Å². The van der Waals surface area contributed by atoms with E-state index in [9.17, 15) is 13.9 Å². The molecule has 1 rings (SSSR count). The van der Waals surface area contributed by atoms with Crippen molar-refractivity contribution >= 4 is 0 Å². The van der Waals surface area contributed by atoms with Crippen molar-refractivity contribution in [3.05, 3.63) is 0 Å². The van der Waals surface area contributed by atoms with E-state index in [1.54, 1.807) is 13.8 Å². The minimum Gasteiger partial charge on any atom is -0.383 e. The topological polar surface area (TPSA) is 72.3 Å². The normalized spacial score (nSPS) is 20.8. The number of aliphatic hydroxyl groups is 1. The van der Waals surface area contributed by atoms with Gasteiger partial charge in [-0.15, -0.1) is 0 Å². The van der Waals surface area contributed by atoms with Crippen LogP contribution in [0.5, 0.6) is 0 Å². The van der Waals surface area contributed by atoms with E-state index >= 15 is 0 Å². The predicted molar refractivity (Wildman–Crippen MR) is 72.7 cm³/mol. The molecule has 1 aliphatic carbocycles. The van der Waals surface area contributed by atoms with Crippen molar-refractivity contribution in [2.24, 2.45) is 23.3 Å². The molecule has 0 aromatic heterocycles. The Bertz CT molecular complexity index is 277. The average Bonchev–Trinajstić information content (AvgIpc) is 2.27. The quantitative estimate of drug-likeness (QED) is 0.654. The van der Waals surface area contributed by atoms with E-state index in [0.717, 1.165) is 25.7 Å². The minimum atomic E-state index is -3.23. The van der Waals surface area contributed by atoms with Crippen molar-refractivity contribution in [2.75, 3.05) is 0 Å². The summed E-state index contributed by atoms with van der Waals surface area (Å²) in [5.41, 5.74) is 9.89. The third-order valence-electron chi connectivity index (χ3n) is 3.96. The van der Waals surface area contributed by atoms with Crippen LogP contribution in [0.4, 0.5) is 8.78 Å². The second kappa shape index (κ2) is 6.46. The third kappa shape index (κ3) is 4.97. The molecule has 0 saturated heterocycles. The number of nitrogens with two attached hydrogens (primary N) is 2. The molecule has 0 heterocycles. The molecule has 5 heteroatoms. The van der Waals surface area contributed by atoms with Gasteiger partial charge >= 0.3 is 0 Å². The fourth-order valence-electron chi connectivity index (χ4n) is 3.05. The molecular weight excluding hydrogens is 250 g/mol. The van der Waals surface area contributed by atoms with Crippen LogP contribution >= 0.6 is 0 Å². The molecule has 19 heavy (non-hydrogen) atoms. The highest BCUT2D eigenvalue weighted by atomic mass is 19.3. The summed E-state index contributed by atoms with van der Waals surface area (Å²) < 4.78 is 27.8. The summed E-state index contributed by atoms with van der Waals surface area (Å²) in [4.78, 5) is 0. The standard InChI is InChI=1S/C14H28F2N2O/c1-10(2)8-13(15,16)12(19)14(17,18)9-11-6-4-3-5-7-11/h10-12,19H,3-9,17-18H2,1-2H3/t12-/m1/s1. The van der Waals surface area contributed by atoms with E-state index in [1.165, 1.54) is 6.42 Å². The van der Waals surface area contributed by atoms with Crippen molar-refractivity contribution in [1.82, 2.24) is 0 Å². The highest BCUT2D eigenvalue weighted by Crippen LogP contribution is 2.35. The van der Waals surface area contributed by atoms with E-state index in [0.29, 0.717) is 0 Å². The first kappa shape index (κ1) is 16.8. The number of aliphatic hydroxyl groups excluding tert-OH is 1. The molecule has 0 bridgehead atoms. The number of rotatable bonds is 6. The van der Waals surface area contributed by atoms with Crippen LogP contribution < -0.4 is 11.5 Å². The fourth-order valence-corrected chi connectivity index (χ4v) is 3.05. The van der Waals surface area contributed by atoms with E-state index in [-0.39, 0.29) is 18.3 Å². The van der Waals surface area contributed by atoms with Crippen molar-refractivity contribution in [3.8, 4) is 0 Å². The lowest BCUT2D eigenvalue weighted by molar-refractivity contribution is -0.150. The summed E-state index contributed by atoms with van der Waals surface area (Å²) >= 11 is 0. The molecule has 0 amide bonds. The third-order valence-corrected chi connectivity index (χ3v) is 3.96.